The fraction of sp³-hybridized carbons (Fsp3) is 0. The molecule has 0 amide bonds. The van der Waals surface area contributed by atoms with Gasteiger partial charge in [-0.25, -0.2) is 0 Å². The van der Waals surface area contributed by atoms with Gasteiger partial charge in [0.2, 0.25) is 0 Å². The molecule has 9 aromatic rings. The van der Waals surface area contributed by atoms with Gasteiger partial charge in [-0.2, -0.15) is 0 Å². The molecule has 0 aliphatic carbocycles. The molecule has 242 valence electrons. The molecule has 0 atom stereocenters. The molecule has 2 aliphatic rings. The number of hydrogen-bond acceptors (Lipinski definition) is 2. The van der Waals surface area contributed by atoms with E-state index in [0.717, 1.165) is 17.1 Å². The van der Waals surface area contributed by atoms with E-state index in [2.05, 4.69) is 208 Å². The van der Waals surface area contributed by atoms with Gasteiger partial charge >= 0.3 is 0 Å². The van der Waals surface area contributed by atoms with E-state index in [9.17, 15) is 0 Å². The van der Waals surface area contributed by atoms with Crippen LogP contribution in [0, 0.1) is 0 Å². The predicted molar refractivity (Wildman–Crippen MR) is 220 cm³/mol. The van der Waals surface area contributed by atoms with Crippen molar-refractivity contribution in [2.75, 3.05) is 9.80 Å². The molecule has 11 rings (SSSR count). The van der Waals surface area contributed by atoms with Crippen LogP contribution in [0.3, 0.4) is 0 Å². The summed E-state index contributed by atoms with van der Waals surface area (Å²) in [7, 11) is 0. The van der Waals surface area contributed by atoms with Crippen molar-refractivity contribution in [3.05, 3.63) is 194 Å². The van der Waals surface area contributed by atoms with Gasteiger partial charge in [0.15, 0.2) is 0 Å². The summed E-state index contributed by atoms with van der Waals surface area (Å²) in [6, 6.07) is 70.9. The average Bonchev–Trinajstić information content (AvgIpc) is 3.56. The number of nitrogens with zero attached hydrogens (tertiary/aromatic N) is 3. The third-order valence-electron chi connectivity index (χ3n) is 11.0. The zero-order valence-corrected chi connectivity index (χ0v) is 28.4. The maximum absolute atomic E-state index is 2.46. The van der Waals surface area contributed by atoms with E-state index < -0.39 is 0 Å². The van der Waals surface area contributed by atoms with Crippen LogP contribution in [-0.4, -0.2) is 11.3 Å². The SMILES string of the molecule is c1ccc(N2c3ccccc3B3c4cc(-c5ccc(-n6c7ccccc7c7ccccc76)cc5)ccc4N(c4ccccc4)c4cccc2c43)cc1. The Morgan fingerprint density at radius 1 is 0.327 bits per heavy atom. The van der Waals surface area contributed by atoms with Gasteiger partial charge in [-0.05, 0) is 100 Å². The number of anilines is 6. The van der Waals surface area contributed by atoms with Crippen molar-refractivity contribution in [1.29, 1.82) is 0 Å². The van der Waals surface area contributed by atoms with Crippen molar-refractivity contribution in [3.63, 3.8) is 0 Å². The summed E-state index contributed by atoms with van der Waals surface area (Å²) in [5.41, 5.74) is 17.2. The molecule has 0 unspecified atom stereocenters. The van der Waals surface area contributed by atoms with Crippen LogP contribution in [-0.2, 0) is 0 Å². The van der Waals surface area contributed by atoms with Crippen LogP contribution in [0.15, 0.2) is 194 Å². The van der Waals surface area contributed by atoms with E-state index in [1.165, 1.54) is 72.1 Å². The molecule has 0 spiro atoms. The highest BCUT2D eigenvalue weighted by atomic mass is 15.2. The van der Waals surface area contributed by atoms with Gasteiger partial charge < -0.3 is 14.4 Å². The molecule has 4 heteroatoms. The van der Waals surface area contributed by atoms with Crippen molar-refractivity contribution in [3.8, 4) is 16.8 Å². The maximum Gasteiger partial charge on any atom is 0.252 e. The van der Waals surface area contributed by atoms with Crippen molar-refractivity contribution in [2.24, 2.45) is 0 Å². The zero-order valence-electron chi connectivity index (χ0n) is 28.4. The van der Waals surface area contributed by atoms with Gasteiger partial charge in [0.25, 0.3) is 6.71 Å². The number of para-hydroxylation sites is 5. The number of hydrogen-bond donors (Lipinski definition) is 0. The molecule has 3 heterocycles. The number of fused-ring (bicyclic) bond motifs is 7. The van der Waals surface area contributed by atoms with E-state index in [1.807, 2.05) is 0 Å². The van der Waals surface area contributed by atoms with Crippen LogP contribution in [0.1, 0.15) is 0 Å². The Balaban J connectivity index is 1.10. The fourth-order valence-electron chi connectivity index (χ4n) is 8.78. The summed E-state index contributed by atoms with van der Waals surface area (Å²) >= 11 is 0. The van der Waals surface area contributed by atoms with E-state index >= 15 is 0 Å². The molecule has 2 aliphatic heterocycles. The molecule has 0 saturated heterocycles. The highest BCUT2D eigenvalue weighted by Crippen LogP contribution is 2.44. The Labute approximate surface area is 303 Å². The quantitative estimate of drug-likeness (QED) is 0.174. The molecule has 0 radical (unpaired) electrons. The molecular formula is C48H32BN3. The summed E-state index contributed by atoms with van der Waals surface area (Å²) in [6.45, 7) is 0.0779. The van der Waals surface area contributed by atoms with Crippen LogP contribution in [0.4, 0.5) is 34.1 Å². The second-order valence-corrected chi connectivity index (χ2v) is 13.7. The summed E-state index contributed by atoms with van der Waals surface area (Å²) in [4.78, 5) is 4.90. The van der Waals surface area contributed by atoms with Gasteiger partial charge in [-0.15, -0.1) is 0 Å². The highest BCUT2D eigenvalue weighted by Gasteiger charge is 2.43. The van der Waals surface area contributed by atoms with Crippen LogP contribution < -0.4 is 26.2 Å². The molecular weight excluding hydrogens is 629 g/mol. The summed E-state index contributed by atoms with van der Waals surface area (Å²) in [5.74, 6) is 0. The number of aromatic nitrogens is 1. The van der Waals surface area contributed by atoms with Gasteiger partial charge in [0.05, 0.1) is 11.0 Å². The zero-order chi connectivity index (χ0) is 34.2. The monoisotopic (exact) mass is 661 g/mol. The van der Waals surface area contributed by atoms with Crippen molar-refractivity contribution < 1.29 is 0 Å². The van der Waals surface area contributed by atoms with Crippen molar-refractivity contribution in [2.45, 2.75) is 0 Å². The van der Waals surface area contributed by atoms with Gasteiger partial charge in [-0.1, -0.05) is 121 Å². The van der Waals surface area contributed by atoms with E-state index in [-0.39, 0.29) is 6.71 Å². The molecule has 3 nitrogen and oxygen atoms in total. The first-order chi connectivity index (χ1) is 25.8. The molecule has 1 aromatic heterocycles. The van der Waals surface area contributed by atoms with E-state index in [1.54, 1.807) is 0 Å². The smallest absolute Gasteiger partial charge is 0.252 e. The first kappa shape index (κ1) is 29.0. The van der Waals surface area contributed by atoms with E-state index in [4.69, 9.17) is 0 Å². The average molecular weight is 662 g/mol. The topological polar surface area (TPSA) is 11.4 Å². The second kappa shape index (κ2) is 11.4. The predicted octanol–water partition coefficient (Wildman–Crippen LogP) is 10.5. The highest BCUT2D eigenvalue weighted by molar-refractivity contribution is 7.00. The minimum Gasteiger partial charge on any atom is -0.311 e. The third-order valence-corrected chi connectivity index (χ3v) is 11.0. The van der Waals surface area contributed by atoms with Crippen LogP contribution in [0.2, 0.25) is 0 Å². The normalized spacial score (nSPS) is 12.9. The van der Waals surface area contributed by atoms with Crippen LogP contribution in [0.25, 0.3) is 38.6 Å². The Morgan fingerprint density at radius 2 is 0.827 bits per heavy atom. The lowest BCUT2D eigenvalue weighted by molar-refractivity contribution is 1.18. The minimum atomic E-state index is 0.0779. The largest absolute Gasteiger partial charge is 0.311 e. The lowest BCUT2D eigenvalue weighted by atomic mass is 9.33. The molecule has 0 saturated carbocycles. The van der Waals surface area contributed by atoms with E-state index in [0.29, 0.717) is 0 Å². The Bertz CT molecular complexity index is 2740. The molecule has 0 bridgehead atoms. The summed E-state index contributed by atoms with van der Waals surface area (Å²) in [6.07, 6.45) is 0. The third kappa shape index (κ3) is 4.21. The minimum absolute atomic E-state index is 0.0779. The first-order valence-electron chi connectivity index (χ1n) is 18.0. The van der Waals surface area contributed by atoms with Crippen molar-refractivity contribution >= 4 is 79.0 Å². The summed E-state index contributed by atoms with van der Waals surface area (Å²) in [5, 5.41) is 2.55. The Morgan fingerprint density at radius 3 is 1.46 bits per heavy atom. The van der Waals surface area contributed by atoms with Crippen LogP contribution in [0.5, 0.6) is 0 Å². The van der Waals surface area contributed by atoms with Gasteiger partial charge in [-0.3, -0.25) is 0 Å². The molecule has 0 fully saturated rings. The fourth-order valence-corrected chi connectivity index (χ4v) is 8.78. The second-order valence-electron chi connectivity index (χ2n) is 13.7. The Kier molecular flexibility index (Phi) is 6.35. The standard InChI is InChI=1S/C48H32BN3/c1-3-14-35(15-4-1)51-44-23-12-9-20-40(44)49-41-32-34(28-31-45(41)52(36-16-5-2-6-17-36)47-25-13-24-46(51)48(47)49)33-26-29-37(30-27-33)50-42-21-10-7-18-38(42)39-19-8-11-22-43(39)50/h1-32H. The molecule has 52 heavy (non-hydrogen) atoms. The van der Waals surface area contributed by atoms with Gasteiger partial charge in [0.1, 0.15) is 0 Å². The molecule has 8 aromatic carbocycles. The maximum atomic E-state index is 2.46. The molecule has 0 N–H and O–H groups in total. The summed E-state index contributed by atoms with van der Waals surface area (Å²) < 4.78 is 2.38. The number of rotatable bonds is 4. The Hall–Kier alpha value is -6.78. The number of benzene rings is 8. The van der Waals surface area contributed by atoms with Crippen LogP contribution >= 0.6 is 0 Å². The van der Waals surface area contributed by atoms with Gasteiger partial charge in [0, 0.05) is 50.6 Å². The van der Waals surface area contributed by atoms with Crippen molar-refractivity contribution in [1.82, 2.24) is 4.57 Å². The first-order valence-corrected chi connectivity index (χ1v) is 18.0. The lowest BCUT2D eigenvalue weighted by Gasteiger charge is -2.44. The lowest BCUT2D eigenvalue weighted by Crippen LogP contribution is -2.61.